The van der Waals surface area contributed by atoms with Crippen LogP contribution in [0.15, 0.2) is 22.7 Å². The maximum absolute atomic E-state index is 12.5. The number of hydrogen-bond donors (Lipinski definition) is 1. The maximum atomic E-state index is 12.5. The molecule has 0 aromatic heterocycles. The highest BCUT2D eigenvalue weighted by Crippen LogP contribution is 2.33. The van der Waals surface area contributed by atoms with Crippen LogP contribution in [0.1, 0.15) is 20.8 Å². The van der Waals surface area contributed by atoms with Crippen LogP contribution in [0.25, 0.3) is 0 Å². The minimum Gasteiger partial charge on any atom is -0.343 e. The van der Waals surface area contributed by atoms with Gasteiger partial charge in [0.05, 0.1) is 5.69 Å². The first kappa shape index (κ1) is 15.3. The summed E-state index contributed by atoms with van der Waals surface area (Å²) in [5.74, 6) is -0.241. The van der Waals surface area contributed by atoms with Crippen LogP contribution in [0.2, 0.25) is 5.02 Å². The van der Waals surface area contributed by atoms with Crippen molar-refractivity contribution in [2.24, 2.45) is 5.92 Å². The molecule has 0 aliphatic carbocycles. The average molecular weight is 360 g/mol. The third kappa shape index (κ3) is 2.69. The van der Waals surface area contributed by atoms with Crippen molar-refractivity contribution in [2.75, 3.05) is 4.90 Å². The SMILES string of the molecule is CC1NC(=O)C(C(C)C)N(c2ccc(Cl)cc2Br)C1=O. The van der Waals surface area contributed by atoms with Crippen molar-refractivity contribution >= 4 is 45.0 Å². The van der Waals surface area contributed by atoms with Crippen molar-refractivity contribution in [3.05, 3.63) is 27.7 Å². The molecule has 4 nitrogen and oxygen atoms in total. The number of anilines is 1. The second-order valence-corrected chi connectivity index (χ2v) is 6.51. The van der Waals surface area contributed by atoms with Crippen LogP contribution in [0.5, 0.6) is 0 Å². The molecule has 20 heavy (non-hydrogen) atoms. The first-order valence-electron chi connectivity index (χ1n) is 6.41. The molecule has 1 aromatic rings. The molecule has 0 bridgehead atoms. The summed E-state index contributed by atoms with van der Waals surface area (Å²) in [6, 6.07) is 4.14. The van der Waals surface area contributed by atoms with Crippen molar-refractivity contribution in [2.45, 2.75) is 32.9 Å². The molecule has 1 aliphatic heterocycles. The highest BCUT2D eigenvalue weighted by atomic mass is 79.9. The largest absolute Gasteiger partial charge is 0.343 e. The summed E-state index contributed by atoms with van der Waals surface area (Å²) >= 11 is 9.35. The van der Waals surface area contributed by atoms with Gasteiger partial charge in [-0.15, -0.1) is 0 Å². The van der Waals surface area contributed by atoms with Gasteiger partial charge in [0, 0.05) is 9.50 Å². The van der Waals surface area contributed by atoms with Crippen molar-refractivity contribution in [3.8, 4) is 0 Å². The lowest BCUT2D eigenvalue weighted by Crippen LogP contribution is -2.64. The van der Waals surface area contributed by atoms with Crippen LogP contribution in [0, 0.1) is 5.92 Å². The van der Waals surface area contributed by atoms with Gasteiger partial charge in [0.25, 0.3) is 0 Å². The van der Waals surface area contributed by atoms with Crippen molar-refractivity contribution < 1.29 is 9.59 Å². The fourth-order valence-corrected chi connectivity index (χ4v) is 3.24. The number of nitrogens with zero attached hydrogens (tertiary/aromatic N) is 1. The fourth-order valence-electron chi connectivity index (χ4n) is 2.37. The molecule has 2 unspecified atom stereocenters. The lowest BCUT2D eigenvalue weighted by molar-refractivity contribution is -0.134. The van der Waals surface area contributed by atoms with Crippen LogP contribution in [0.4, 0.5) is 5.69 Å². The number of rotatable bonds is 2. The molecule has 1 N–H and O–H groups in total. The van der Waals surface area contributed by atoms with Gasteiger partial charge in [-0.05, 0) is 47.0 Å². The highest BCUT2D eigenvalue weighted by Gasteiger charge is 2.41. The Labute approximate surface area is 131 Å². The summed E-state index contributed by atoms with van der Waals surface area (Å²) in [6.07, 6.45) is 0. The summed E-state index contributed by atoms with van der Waals surface area (Å²) in [5, 5.41) is 3.29. The molecule has 6 heteroatoms. The van der Waals surface area contributed by atoms with E-state index in [2.05, 4.69) is 21.2 Å². The van der Waals surface area contributed by atoms with E-state index < -0.39 is 12.1 Å². The third-order valence-corrected chi connectivity index (χ3v) is 4.18. The normalized spacial score (nSPS) is 23.2. The van der Waals surface area contributed by atoms with E-state index in [0.717, 1.165) is 0 Å². The first-order valence-corrected chi connectivity index (χ1v) is 7.58. The van der Waals surface area contributed by atoms with E-state index in [1.54, 1.807) is 30.0 Å². The monoisotopic (exact) mass is 358 g/mol. The smallest absolute Gasteiger partial charge is 0.250 e. The average Bonchev–Trinajstić information content (AvgIpc) is 2.33. The van der Waals surface area contributed by atoms with Gasteiger partial charge < -0.3 is 5.32 Å². The predicted molar refractivity (Wildman–Crippen MR) is 82.9 cm³/mol. The van der Waals surface area contributed by atoms with Gasteiger partial charge in [0.15, 0.2) is 0 Å². The molecule has 2 rings (SSSR count). The van der Waals surface area contributed by atoms with Gasteiger partial charge in [-0.1, -0.05) is 25.4 Å². The molecule has 1 aliphatic rings. The summed E-state index contributed by atoms with van der Waals surface area (Å²) in [7, 11) is 0. The zero-order valence-electron chi connectivity index (χ0n) is 11.5. The number of carbonyl (C=O) groups is 2. The van der Waals surface area contributed by atoms with Crippen LogP contribution in [-0.2, 0) is 9.59 Å². The van der Waals surface area contributed by atoms with Crippen molar-refractivity contribution in [1.29, 1.82) is 0 Å². The molecule has 2 amide bonds. The Balaban J connectivity index is 2.52. The molecule has 0 radical (unpaired) electrons. The van der Waals surface area contributed by atoms with Crippen LogP contribution in [-0.4, -0.2) is 23.9 Å². The second kappa shape index (κ2) is 5.74. The minimum absolute atomic E-state index is 0.00836. The zero-order valence-corrected chi connectivity index (χ0v) is 13.8. The Morgan fingerprint density at radius 1 is 1.35 bits per heavy atom. The van der Waals surface area contributed by atoms with Crippen molar-refractivity contribution in [1.82, 2.24) is 5.32 Å². The molecular weight excluding hydrogens is 344 g/mol. The molecule has 1 aromatic carbocycles. The zero-order chi connectivity index (χ0) is 15.0. The summed E-state index contributed by atoms with van der Waals surface area (Å²) in [4.78, 5) is 26.3. The first-order chi connectivity index (χ1) is 9.32. The number of nitrogens with one attached hydrogen (secondary N) is 1. The Bertz CT molecular complexity index is 562. The summed E-state index contributed by atoms with van der Waals surface area (Å²) in [6.45, 7) is 5.53. The van der Waals surface area contributed by atoms with Gasteiger partial charge in [-0.25, -0.2) is 0 Å². The van der Waals surface area contributed by atoms with Crippen LogP contribution < -0.4 is 10.2 Å². The van der Waals surface area contributed by atoms with E-state index in [1.807, 2.05) is 13.8 Å². The van der Waals surface area contributed by atoms with Gasteiger partial charge >= 0.3 is 0 Å². The number of amides is 2. The van der Waals surface area contributed by atoms with Crippen molar-refractivity contribution in [3.63, 3.8) is 0 Å². The lowest BCUT2D eigenvalue weighted by atomic mass is 9.96. The topological polar surface area (TPSA) is 49.4 Å². The second-order valence-electron chi connectivity index (χ2n) is 5.22. The van der Waals surface area contributed by atoms with E-state index in [-0.39, 0.29) is 17.7 Å². The number of benzene rings is 1. The molecule has 1 fully saturated rings. The standard InChI is InChI=1S/C14H16BrClN2O2/c1-7(2)12-13(19)17-8(3)14(20)18(12)11-5-4-9(16)6-10(11)15/h4-8,12H,1-3H3,(H,17,19). The van der Waals surface area contributed by atoms with E-state index in [1.165, 1.54) is 0 Å². The quantitative estimate of drug-likeness (QED) is 0.882. The highest BCUT2D eigenvalue weighted by molar-refractivity contribution is 9.10. The molecule has 0 saturated carbocycles. The predicted octanol–water partition coefficient (Wildman–Crippen LogP) is 2.98. The summed E-state index contributed by atoms with van der Waals surface area (Å²) in [5.41, 5.74) is 0.666. The van der Waals surface area contributed by atoms with Gasteiger partial charge in [-0.2, -0.15) is 0 Å². The lowest BCUT2D eigenvalue weighted by Gasteiger charge is -2.40. The molecular formula is C14H16BrClN2O2. The number of halogens is 2. The van der Waals surface area contributed by atoms with Crippen LogP contribution in [0.3, 0.4) is 0 Å². The van der Waals surface area contributed by atoms with E-state index in [4.69, 9.17) is 11.6 Å². The molecule has 1 saturated heterocycles. The van der Waals surface area contributed by atoms with Gasteiger partial charge in [-0.3, -0.25) is 14.5 Å². The third-order valence-electron chi connectivity index (χ3n) is 3.31. The number of piperazine rings is 1. The Morgan fingerprint density at radius 3 is 2.55 bits per heavy atom. The summed E-state index contributed by atoms with van der Waals surface area (Å²) < 4.78 is 0.700. The maximum Gasteiger partial charge on any atom is 0.250 e. The van der Waals surface area contributed by atoms with E-state index >= 15 is 0 Å². The van der Waals surface area contributed by atoms with Gasteiger partial charge in [0.1, 0.15) is 12.1 Å². The number of carbonyl (C=O) groups excluding carboxylic acids is 2. The molecule has 1 heterocycles. The Morgan fingerprint density at radius 2 is 2.00 bits per heavy atom. The minimum atomic E-state index is -0.528. The van der Waals surface area contributed by atoms with Crippen LogP contribution >= 0.6 is 27.5 Å². The molecule has 0 spiro atoms. The number of hydrogen-bond acceptors (Lipinski definition) is 2. The molecule has 108 valence electrons. The fraction of sp³-hybridized carbons (Fsp3) is 0.429. The Kier molecular flexibility index (Phi) is 4.39. The van der Waals surface area contributed by atoms with Gasteiger partial charge in [0.2, 0.25) is 11.8 Å². The van der Waals surface area contributed by atoms with E-state index in [9.17, 15) is 9.59 Å². The molecule has 2 atom stereocenters. The Hall–Kier alpha value is -1.07. The van der Waals surface area contributed by atoms with E-state index in [0.29, 0.717) is 15.2 Å².